The predicted molar refractivity (Wildman–Crippen MR) is 126 cm³/mol. The highest BCUT2D eigenvalue weighted by Crippen LogP contribution is 2.20. The summed E-state index contributed by atoms with van der Waals surface area (Å²) in [5, 5.41) is 0. The first-order valence-electron chi connectivity index (χ1n) is 10.9. The number of halogens is 2. The van der Waals surface area contributed by atoms with Gasteiger partial charge < -0.3 is 4.90 Å². The van der Waals surface area contributed by atoms with Crippen LogP contribution in [0.3, 0.4) is 0 Å². The van der Waals surface area contributed by atoms with Crippen LogP contribution in [0.5, 0.6) is 0 Å². The molecule has 0 radical (unpaired) electrons. The standard InChI is InChI=1S/C25H25F2N3O3S/c1-18-3-2-4-19(15-18)17-29-11-13-30(14-12-29)25(31)20-5-7-21(8-6-20)28-34(32,33)22-9-10-23(26)24(27)16-22/h2-10,15-16,28H,11-14,17H2,1H3. The zero-order chi connectivity index (χ0) is 24.3. The van der Waals surface area contributed by atoms with E-state index in [9.17, 15) is 22.0 Å². The van der Waals surface area contributed by atoms with E-state index in [1.165, 1.54) is 23.3 Å². The number of carbonyl (C=O) groups is 1. The number of anilines is 1. The molecule has 1 fully saturated rings. The van der Waals surface area contributed by atoms with Gasteiger partial charge in [0.05, 0.1) is 4.90 Å². The molecule has 1 aliphatic rings. The molecule has 1 heterocycles. The van der Waals surface area contributed by atoms with Crippen molar-refractivity contribution >= 4 is 21.6 Å². The Bertz CT molecular complexity index is 1290. The minimum Gasteiger partial charge on any atom is -0.336 e. The van der Waals surface area contributed by atoms with E-state index in [2.05, 4.69) is 34.7 Å². The first-order chi connectivity index (χ1) is 16.2. The van der Waals surface area contributed by atoms with E-state index in [-0.39, 0.29) is 11.6 Å². The van der Waals surface area contributed by atoms with Gasteiger partial charge in [-0.1, -0.05) is 29.8 Å². The van der Waals surface area contributed by atoms with Gasteiger partial charge in [0.25, 0.3) is 15.9 Å². The van der Waals surface area contributed by atoms with Crippen molar-refractivity contribution in [3.05, 3.63) is 95.1 Å². The predicted octanol–water partition coefficient (Wildman–Crippen LogP) is 4.03. The molecule has 1 aliphatic heterocycles. The summed E-state index contributed by atoms with van der Waals surface area (Å²) in [6.45, 7) is 5.66. The van der Waals surface area contributed by atoms with Gasteiger partial charge in [0.15, 0.2) is 11.6 Å². The molecule has 0 bridgehead atoms. The van der Waals surface area contributed by atoms with Crippen molar-refractivity contribution in [3.8, 4) is 0 Å². The van der Waals surface area contributed by atoms with Crippen LogP contribution in [-0.2, 0) is 16.6 Å². The number of piperazine rings is 1. The summed E-state index contributed by atoms with van der Waals surface area (Å²) in [6, 6.07) is 16.8. The van der Waals surface area contributed by atoms with Crippen LogP contribution in [-0.4, -0.2) is 50.3 Å². The van der Waals surface area contributed by atoms with E-state index in [1.807, 2.05) is 6.07 Å². The first-order valence-corrected chi connectivity index (χ1v) is 12.3. The largest absolute Gasteiger partial charge is 0.336 e. The van der Waals surface area contributed by atoms with Crippen LogP contribution in [0.15, 0.2) is 71.6 Å². The second-order valence-corrected chi connectivity index (χ2v) is 10.00. The third-order valence-corrected chi connectivity index (χ3v) is 7.11. The highest BCUT2D eigenvalue weighted by Gasteiger charge is 2.23. The second kappa shape index (κ2) is 9.90. The van der Waals surface area contributed by atoms with Gasteiger partial charge in [0, 0.05) is 44.0 Å². The molecule has 0 atom stereocenters. The van der Waals surface area contributed by atoms with E-state index in [1.54, 1.807) is 17.0 Å². The zero-order valence-electron chi connectivity index (χ0n) is 18.7. The van der Waals surface area contributed by atoms with Crippen molar-refractivity contribution in [2.75, 3.05) is 30.9 Å². The summed E-state index contributed by atoms with van der Waals surface area (Å²) in [6.07, 6.45) is 0. The summed E-state index contributed by atoms with van der Waals surface area (Å²) in [4.78, 5) is 16.6. The van der Waals surface area contributed by atoms with Crippen molar-refractivity contribution in [2.24, 2.45) is 0 Å². The molecule has 3 aromatic carbocycles. The monoisotopic (exact) mass is 485 g/mol. The average Bonchev–Trinajstić information content (AvgIpc) is 2.81. The molecule has 34 heavy (non-hydrogen) atoms. The fourth-order valence-electron chi connectivity index (χ4n) is 3.90. The number of nitrogens with zero attached hydrogens (tertiary/aromatic N) is 2. The van der Waals surface area contributed by atoms with Crippen LogP contribution in [0.4, 0.5) is 14.5 Å². The van der Waals surface area contributed by atoms with Crippen molar-refractivity contribution in [3.63, 3.8) is 0 Å². The molecule has 1 amide bonds. The average molecular weight is 486 g/mol. The summed E-state index contributed by atoms with van der Waals surface area (Å²) in [7, 11) is -4.10. The maximum absolute atomic E-state index is 13.4. The summed E-state index contributed by atoms with van der Waals surface area (Å²) >= 11 is 0. The number of carbonyl (C=O) groups excluding carboxylic acids is 1. The number of rotatable bonds is 6. The van der Waals surface area contributed by atoms with E-state index >= 15 is 0 Å². The zero-order valence-corrected chi connectivity index (χ0v) is 19.5. The third kappa shape index (κ3) is 5.60. The Morgan fingerprint density at radius 1 is 0.912 bits per heavy atom. The fraction of sp³-hybridized carbons (Fsp3) is 0.240. The topological polar surface area (TPSA) is 69.7 Å². The van der Waals surface area contributed by atoms with Gasteiger partial charge in [-0.15, -0.1) is 0 Å². The van der Waals surface area contributed by atoms with Crippen molar-refractivity contribution in [1.82, 2.24) is 9.80 Å². The number of nitrogens with one attached hydrogen (secondary N) is 1. The van der Waals surface area contributed by atoms with Gasteiger partial charge in [-0.25, -0.2) is 17.2 Å². The molecule has 0 saturated carbocycles. The van der Waals surface area contributed by atoms with Gasteiger partial charge in [0.1, 0.15) is 0 Å². The smallest absolute Gasteiger partial charge is 0.261 e. The summed E-state index contributed by atoms with van der Waals surface area (Å²) < 4.78 is 53.7. The van der Waals surface area contributed by atoms with Gasteiger partial charge in [0.2, 0.25) is 0 Å². The fourth-order valence-corrected chi connectivity index (χ4v) is 4.97. The number of hydrogen-bond donors (Lipinski definition) is 1. The van der Waals surface area contributed by atoms with Crippen LogP contribution < -0.4 is 4.72 Å². The summed E-state index contributed by atoms with van der Waals surface area (Å²) in [5.41, 5.74) is 3.13. The van der Waals surface area contributed by atoms with E-state index in [0.29, 0.717) is 24.7 Å². The molecule has 0 aromatic heterocycles. The molecule has 1 N–H and O–H groups in total. The molecule has 4 rings (SSSR count). The Labute approximate surface area is 197 Å². The molecule has 3 aromatic rings. The maximum atomic E-state index is 13.4. The molecule has 0 unspecified atom stereocenters. The van der Waals surface area contributed by atoms with E-state index in [4.69, 9.17) is 0 Å². The van der Waals surface area contributed by atoms with Gasteiger partial charge in [-0.05, 0) is 55.0 Å². The Hall–Kier alpha value is -3.30. The molecule has 1 saturated heterocycles. The molecular formula is C25H25F2N3O3S. The lowest BCUT2D eigenvalue weighted by molar-refractivity contribution is 0.0628. The Kier molecular flexibility index (Phi) is 6.95. The van der Waals surface area contributed by atoms with Crippen LogP contribution >= 0.6 is 0 Å². The third-order valence-electron chi connectivity index (χ3n) is 5.73. The van der Waals surface area contributed by atoms with Crippen LogP contribution in [0, 0.1) is 18.6 Å². The highest BCUT2D eigenvalue weighted by molar-refractivity contribution is 7.92. The SMILES string of the molecule is Cc1cccc(CN2CCN(C(=O)c3ccc(NS(=O)(=O)c4ccc(F)c(F)c4)cc3)CC2)c1. The lowest BCUT2D eigenvalue weighted by Gasteiger charge is -2.34. The van der Waals surface area contributed by atoms with Crippen LogP contribution in [0.2, 0.25) is 0 Å². The molecule has 6 nitrogen and oxygen atoms in total. The number of sulfonamides is 1. The number of hydrogen-bond acceptors (Lipinski definition) is 4. The number of benzene rings is 3. The minimum atomic E-state index is -4.10. The Morgan fingerprint density at radius 2 is 1.62 bits per heavy atom. The normalized spacial score (nSPS) is 14.7. The van der Waals surface area contributed by atoms with Gasteiger partial charge >= 0.3 is 0 Å². The lowest BCUT2D eigenvalue weighted by Crippen LogP contribution is -2.48. The van der Waals surface area contributed by atoms with Crippen LogP contribution in [0.1, 0.15) is 21.5 Å². The minimum absolute atomic E-state index is 0.120. The first kappa shape index (κ1) is 23.8. The van der Waals surface area contributed by atoms with Gasteiger partial charge in [-0.3, -0.25) is 14.4 Å². The van der Waals surface area contributed by atoms with E-state index in [0.717, 1.165) is 31.8 Å². The van der Waals surface area contributed by atoms with Gasteiger partial charge in [-0.2, -0.15) is 0 Å². The van der Waals surface area contributed by atoms with Crippen molar-refractivity contribution in [1.29, 1.82) is 0 Å². The second-order valence-electron chi connectivity index (χ2n) is 8.32. The van der Waals surface area contributed by atoms with Crippen LogP contribution in [0.25, 0.3) is 0 Å². The molecule has 0 spiro atoms. The van der Waals surface area contributed by atoms with E-state index < -0.39 is 26.6 Å². The maximum Gasteiger partial charge on any atom is 0.261 e. The molecular weight excluding hydrogens is 460 g/mol. The molecule has 178 valence electrons. The highest BCUT2D eigenvalue weighted by atomic mass is 32.2. The summed E-state index contributed by atoms with van der Waals surface area (Å²) in [5.74, 6) is -2.49. The lowest BCUT2D eigenvalue weighted by atomic mass is 10.1. The number of aryl methyl sites for hydroxylation is 1. The number of amides is 1. The van der Waals surface area contributed by atoms with Crippen molar-refractivity contribution < 1.29 is 22.0 Å². The quantitative estimate of drug-likeness (QED) is 0.572. The molecule has 0 aliphatic carbocycles. The van der Waals surface area contributed by atoms with Crippen molar-refractivity contribution in [2.45, 2.75) is 18.4 Å². The molecule has 9 heteroatoms. The Balaban J connectivity index is 1.34. The Morgan fingerprint density at radius 3 is 2.26 bits per heavy atom.